The smallest absolute Gasteiger partial charge is 0.263 e. The first-order chi connectivity index (χ1) is 12.6. The highest BCUT2D eigenvalue weighted by Crippen LogP contribution is 2.15. The molecule has 5 nitrogen and oxygen atoms in total. The number of nitrogens with zero attached hydrogens (tertiary/aromatic N) is 1. The lowest BCUT2D eigenvalue weighted by Gasteiger charge is -2.10. The molecule has 0 radical (unpaired) electrons. The second-order valence-electron chi connectivity index (χ2n) is 5.67. The fourth-order valence-electron chi connectivity index (χ4n) is 2.53. The maximum absolute atomic E-state index is 12.7. The highest BCUT2D eigenvalue weighted by atomic mass is 35.5. The van der Waals surface area contributed by atoms with Crippen LogP contribution in [0, 0.1) is 0 Å². The highest BCUT2D eigenvalue weighted by Gasteiger charge is 2.13. The predicted molar refractivity (Wildman–Crippen MR) is 102 cm³/mol. The van der Waals surface area contributed by atoms with Crippen molar-refractivity contribution in [2.24, 2.45) is 0 Å². The maximum atomic E-state index is 12.7. The van der Waals surface area contributed by atoms with Gasteiger partial charge in [0.1, 0.15) is 11.3 Å². The van der Waals surface area contributed by atoms with E-state index in [1.54, 1.807) is 43.6 Å². The van der Waals surface area contributed by atoms with Crippen LogP contribution in [0.25, 0.3) is 0 Å². The van der Waals surface area contributed by atoms with Gasteiger partial charge in [-0.1, -0.05) is 23.7 Å². The van der Waals surface area contributed by atoms with Crippen molar-refractivity contribution in [3.63, 3.8) is 0 Å². The Morgan fingerprint density at radius 2 is 1.88 bits per heavy atom. The monoisotopic (exact) mass is 368 g/mol. The summed E-state index contributed by atoms with van der Waals surface area (Å²) in [5.41, 5.74) is 1.19. The maximum Gasteiger partial charge on any atom is 0.263 e. The summed E-state index contributed by atoms with van der Waals surface area (Å²) in [6, 6.07) is 17.3. The van der Waals surface area contributed by atoms with E-state index in [-0.39, 0.29) is 11.1 Å². The number of rotatable bonds is 5. The second kappa shape index (κ2) is 7.89. The summed E-state index contributed by atoms with van der Waals surface area (Å²) in [6.07, 6.45) is 1.65. The number of aromatic nitrogens is 1. The largest absolute Gasteiger partial charge is 0.497 e. The minimum atomic E-state index is -0.461. The fourth-order valence-corrected chi connectivity index (χ4v) is 2.66. The Balaban J connectivity index is 1.83. The van der Waals surface area contributed by atoms with Gasteiger partial charge >= 0.3 is 0 Å². The molecule has 1 amide bonds. The average molecular weight is 369 g/mol. The van der Waals surface area contributed by atoms with Gasteiger partial charge in [0.25, 0.3) is 11.5 Å². The minimum Gasteiger partial charge on any atom is -0.497 e. The number of carbonyl (C=O) groups is 1. The van der Waals surface area contributed by atoms with Crippen molar-refractivity contribution >= 4 is 23.2 Å². The van der Waals surface area contributed by atoms with E-state index in [2.05, 4.69) is 5.32 Å². The van der Waals surface area contributed by atoms with Gasteiger partial charge in [-0.05, 0) is 54.1 Å². The summed E-state index contributed by atoms with van der Waals surface area (Å²) in [5.74, 6) is 0.254. The second-order valence-corrected chi connectivity index (χ2v) is 6.10. The number of amides is 1. The minimum absolute atomic E-state index is 0.0744. The molecule has 0 spiro atoms. The van der Waals surface area contributed by atoms with Crippen LogP contribution in [0.2, 0.25) is 5.02 Å². The van der Waals surface area contributed by atoms with E-state index in [0.29, 0.717) is 23.0 Å². The molecule has 2 aromatic carbocycles. The Labute approximate surface area is 155 Å². The van der Waals surface area contributed by atoms with Crippen LogP contribution in [-0.4, -0.2) is 17.6 Å². The van der Waals surface area contributed by atoms with E-state index in [1.165, 1.54) is 10.6 Å². The Hall–Kier alpha value is -3.05. The van der Waals surface area contributed by atoms with E-state index >= 15 is 0 Å². The third-order valence-corrected chi connectivity index (χ3v) is 4.11. The number of pyridine rings is 1. The molecular weight excluding hydrogens is 352 g/mol. The number of ether oxygens (including phenoxy) is 1. The predicted octanol–water partition coefficient (Wildman–Crippen LogP) is 3.81. The number of halogens is 1. The molecule has 0 bridgehead atoms. The van der Waals surface area contributed by atoms with Crippen LogP contribution in [0.1, 0.15) is 15.9 Å². The first-order valence-electron chi connectivity index (χ1n) is 7.96. The van der Waals surface area contributed by atoms with Crippen molar-refractivity contribution in [2.75, 3.05) is 12.4 Å². The third kappa shape index (κ3) is 4.13. The lowest BCUT2D eigenvalue weighted by atomic mass is 10.2. The van der Waals surface area contributed by atoms with E-state index in [1.807, 2.05) is 24.3 Å². The zero-order chi connectivity index (χ0) is 18.5. The van der Waals surface area contributed by atoms with Crippen molar-refractivity contribution in [3.05, 3.63) is 93.4 Å². The lowest BCUT2D eigenvalue weighted by Crippen LogP contribution is -2.29. The third-order valence-electron chi connectivity index (χ3n) is 3.85. The Morgan fingerprint density at radius 3 is 2.62 bits per heavy atom. The number of anilines is 1. The molecule has 132 valence electrons. The summed E-state index contributed by atoms with van der Waals surface area (Å²) >= 11 is 5.83. The topological polar surface area (TPSA) is 60.3 Å². The van der Waals surface area contributed by atoms with Gasteiger partial charge in [-0.3, -0.25) is 9.59 Å². The van der Waals surface area contributed by atoms with Crippen molar-refractivity contribution < 1.29 is 9.53 Å². The molecule has 1 heterocycles. The quantitative estimate of drug-likeness (QED) is 0.745. The summed E-state index contributed by atoms with van der Waals surface area (Å²) < 4.78 is 6.69. The Bertz CT molecular complexity index is 981. The van der Waals surface area contributed by atoms with Crippen LogP contribution >= 0.6 is 11.6 Å². The fraction of sp³-hybridized carbons (Fsp3) is 0.100. The number of carbonyl (C=O) groups excluding carboxylic acids is 1. The molecule has 6 heteroatoms. The zero-order valence-electron chi connectivity index (χ0n) is 14.1. The molecule has 26 heavy (non-hydrogen) atoms. The summed E-state index contributed by atoms with van der Waals surface area (Å²) in [4.78, 5) is 25.1. The van der Waals surface area contributed by atoms with Crippen LogP contribution in [-0.2, 0) is 6.54 Å². The van der Waals surface area contributed by atoms with Crippen LogP contribution in [0.15, 0.2) is 71.7 Å². The van der Waals surface area contributed by atoms with Gasteiger partial charge in [0.15, 0.2) is 0 Å². The van der Waals surface area contributed by atoms with E-state index < -0.39 is 5.91 Å². The van der Waals surface area contributed by atoms with Crippen molar-refractivity contribution in [3.8, 4) is 5.75 Å². The molecule has 0 fully saturated rings. The van der Waals surface area contributed by atoms with Gasteiger partial charge in [0, 0.05) is 16.9 Å². The number of nitrogens with one attached hydrogen (secondary N) is 1. The summed E-state index contributed by atoms with van der Waals surface area (Å²) in [7, 11) is 1.59. The van der Waals surface area contributed by atoms with Gasteiger partial charge in [0.2, 0.25) is 0 Å². The van der Waals surface area contributed by atoms with Gasteiger partial charge in [0.05, 0.1) is 13.7 Å². The molecule has 1 N–H and O–H groups in total. The highest BCUT2D eigenvalue weighted by molar-refractivity contribution is 6.30. The van der Waals surface area contributed by atoms with Crippen LogP contribution in [0.3, 0.4) is 0 Å². The number of hydrogen-bond acceptors (Lipinski definition) is 3. The molecule has 0 aliphatic carbocycles. The molecule has 0 aliphatic rings. The zero-order valence-corrected chi connectivity index (χ0v) is 14.9. The van der Waals surface area contributed by atoms with Crippen molar-refractivity contribution in [2.45, 2.75) is 6.54 Å². The molecular formula is C20H17ClN2O3. The van der Waals surface area contributed by atoms with Gasteiger partial charge in [-0.2, -0.15) is 0 Å². The molecule has 0 saturated heterocycles. The molecule has 3 aromatic rings. The summed E-state index contributed by atoms with van der Waals surface area (Å²) in [5, 5.41) is 3.28. The van der Waals surface area contributed by atoms with Crippen LogP contribution in [0.5, 0.6) is 5.75 Å². The average Bonchev–Trinajstić information content (AvgIpc) is 2.65. The van der Waals surface area contributed by atoms with Crippen molar-refractivity contribution in [1.29, 1.82) is 0 Å². The van der Waals surface area contributed by atoms with E-state index in [9.17, 15) is 9.59 Å². The van der Waals surface area contributed by atoms with E-state index in [4.69, 9.17) is 16.3 Å². The Kier molecular flexibility index (Phi) is 5.39. The Morgan fingerprint density at radius 1 is 1.12 bits per heavy atom. The summed E-state index contributed by atoms with van der Waals surface area (Å²) in [6.45, 7) is 0.345. The van der Waals surface area contributed by atoms with Gasteiger partial charge < -0.3 is 14.6 Å². The molecule has 0 atom stereocenters. The van der Waals surface area contributed by atoms with Gasteiger partial charge in [-0.25, -0.2) is 0 Å². The van der Waals surface area contributed by atoms with Crippen LogP contribution in [0.4, 0.5) is 5.69 Å². The number of benzene rings is 2. The van der Waals surface area contributed by atoms with Crippen molar-refractivity contribution in [1.82, 2.24) is 4.57 Å². The molecule has 3 rings (SSSR count). The molecule has 1 aromatic heterocycles. The van der Waals surface area contributed by atoms with E-state index in [0.717, 1.165) is 5.56 Å². The molecule has 0 aliphatic heterocycles. The lowest BCUT2D eigenvalue weighted by molar-refractivity contribution is 0.102. The van der Waals surface area contributed by atoms with Gasteiger partial charge in [-0.15, -0.1) is 0 Å². The SMILES string of the molecule is COc1cccc(Cn2cccc(C(=O)Nc3ccc(Cl)cc3)c2=O)c1. The standard InChI is InChI=1S/C20H17ClN2O3/c1-26-17-5-2-4-14(12-17)13-23-11-3-6-18(20(23)25)19(24)22-16-9-7-15(21)8-10-16/h2-12H,13H2,1H3,(H,22,24). The first-order valence-corrected chi connectivity index (χ1v) is 8.34. The number of methoxy groups -OCH3 is 1. The molecule has 0 unspecified atom stereocenters. The van der Waals surface area contributed by atoms with Crippen LogP contribution < -0.4 is 15.6 Å². The first kappa shape index (κ1) is 17.8. The normalized spacial score (nSPS) is 10.4. The number of hydrogen-bond donors (Lipinski definition) is 1. The molecule has 0 saturated carbocycles.